The van der Waals surface area contributed by atoms with Crippen LogP contribution in [0.15, 0.2) is 0 Å². The molecule has 66 valence electrons. The maximum absolute atomic E-state index is 13.5. The quantitative estimate of drug-likeness (QED) is 0.656. The van der Waals surface area contributed by atoms with E-state index in [2.05, 4.69) is 0 Å². The summed E-state index contributed by atoms with van der Waals surface area (Å²) in [5.41, 5.74) is 4.53. The molecule has 2 atom stereocenters. The first-order chi connectivity index (χ1) is 5.05. The Balaban J connectivity index is 2.57. The van der Waals surface area contributed by atoms with Crippen LogP contribution in [0.3, 0.4) is 0 Å². The fourth-order valence-corrected chi connectivity index (χ4v) is 2.22. The summed E-state index contributed by atoms with van der Waals surface area (Å²) in [6.07, 6.45) is 3.29. The van der Waals surface area contributed by atoms with Gasteiger partial charge in [0, 0.05) is 0 Å². The summed E-state index contributed by atoms with van der Waals surface area (Å²) in [6, 6.07) is 0. The predicted molar refractivity (Wildman–Crippen MR) is 45.1 cm³/mol. The van der Waals surface area contributed by atoms with Crippen LogP contribution in [-0.4, -0.2) is 12.2 Å². The van der Waals surface area contributed by atoms with E-state index in [0.29, 0.717) is 12.5 Å². The van der Waals surface area contributed by atoms with Crippen molar-refractivity contribution in [2.75, 3.05) is 6.54 Å². The monoisotopic (exact) mass is 159 g/mol. The SMILES string of the molecule is CC(C)(F)C1CCCC1CN. The van der Waals surface area contributed by atoms with Crippen LogP contribution in [0.4, 0.5) is 4.39 Å². The number of halogens is 1. The second kappa shape index (κ2) is 3.10. The summed E-state index contributed by atoms with van der Waals surface area (Å²) in [4.78, 5) is 0. The largest absolute Gasteiger partial charge is 0.330 e. The minimum absolute atomic E-state index is 0.201. The molecular weight excluding hydrogens is 141 g/mol. The van der Waals surface area contributed by atoms with E-state index in [4.69, 9.17) is 5.73 Å². The molecule has 1 nitrogen and oxygen atoms in total. The second-order valence-electron chi connectivity index (χ2n) is 4.10. The summed E-state index contributed by atoms with van der Waals surface area (Å²) < 4.78 is 13.5. The molecule has 0 radical (unpaired) electrons. The van der Waals surface area contributed by atoms with Crippen molar-refractivity contribution in [3.63, 3.8) is 0 Å². The van der Waals surface area contributed by atoms with Gasteiger partial charge in [0.05, 0.1) is 0 Å². The molecular formula is C9H18FN. The Labute approximate surface area is 68.2 Å². The van der Waals surface area contributed by atoms with Crippen molar-refractivity contribution in [3.05, 3.63) is 0 Å². The van der Waals surface area contributed by atoms with Crippen LogP contribution in [-0.2, 0) is 0 Å². The summed E-state index contributed by atoms with van der Waals surface area (Å²) in [5, 5.41) is 0. The third kappa shape index (κ3) is 1.92. The van der Waals surface area contributed by atoms with Crippen LogP contribution < -0.4 is 5.73 Å². The summed E-state index contributed by atoms with van der Waals surface area (Å²) in [5.74, 6) is 0.627. The van der Waals surface area contributed by atoms with Gasteiger partial charge in [0.2, 0.25) is 0 Å². The smallest absolute Gasteiger partial charge is 0.108 e. The third-order valence-corrected chi connectivity index (χ3v) is 2.84. The lowest BCUT2D eigenvalue weighted by molar-refractivity contribution is 0.0978. The molecule has 11 heavy (non-hydrogen) atoms. The van der Waals surface area contributed by atoms with Crippen molar-refractivity contribution in [1.82, 2.24) is 0 Å². The predicted octanol–water partition coefficient (Wildman–Crippen LogP) is 2.11. The first-order valence-corrected chi connectivity index (χ1v) is 4.44. The lowest BCUT2D eigenvalue weighted by atomic mass is 9.84. The fraction of sp³-hybridized carbons (Fsp3) is 1.00. The number of hydrogen-bond acceptors (Lipinski definition) is 1. The highest BCUT2D eigenvalue weighted by Gasteiger charge is 2.37. The molecule has 0 aromatic rings. The second-order valence-corrected chi connectivity index (χ2v) is 4.10. The maximum Gasteiger partial charge on any atom is 0.108 e. The summed E-state index contributed by atoms with van der Waals surface area (Å²) in [6.45, 7) is 4.00. The van der Waals surface area contributed by atoms with Gasteiger partial charge in [-0.3, -0.25) is 0 Å². The van der Waals surface area contributed by atoms with Gasteiger partial charge in [-0.1, -0.05) is 6.42 Å². The molecule has 1 fully saturated rings. The highest BCUT2D eigenvalue weighted by Crippen LogP contribution is 2.40. The standard InChI is InChI=1S/C9H18FN/c1-9(2,10)8-5-3-4-7(8)6-11/h7-8H,3-6,11H2,1-2H3. The number of rotatable bonds is 2. The van der Waals surface area contributed by atoms with Gasteiger partial charge >= 0.3 is 0 Å². The Kier molecular flexibility index (Phi) is 2.53. The maximum atomic E-state index is 13.5. The van der Waals surface area contributed by atoms with Crippen LogP contribution in [0.25, 0.3) is 0 Å². The van der Waals surface area contributed by atoms with Gasteiger partial charge in [-0.15, -0.1) is 0 Å². The highest BCUT2D eigenvalue weighted by atomic mass is 19.1. The number of nitrogens with two attached hydrogens (primary N) is 1. The molecule has 0 heterocycles. The molecule has 2 N–H and O–H groups in total. The van der Waals surface area contributed by atoms with Crippen molar-refractivity contribution >= 4 is 0 Å². The lowest BCUT2D eigenvalue weighted by Gasteiger charge is -2.27. The van der Waals surface area contributed by atoms with Gasteiger partial charge in [-0.25, -0.2) is 4.39 Å². The molecule has 1 aliphatic carbocycles. The van der Waals surface area contributed by atoms with E-state index in [0.717, 1.165) is 19.3 Å². The minimum atomic E-state index is -1.03. The van der Waals surface area contributed by atoms with E-state index in [1.54, 1.807) is 13.8 Å². The Bertz CT molecular complexity index is 128. The van der Waals surface area contributed by atoms with Crippen LogP contribution in [0.5, 0.6) is 0 Å². The van der Waals surface area contributed by atoms with E-state index in [1.807, 2.05) is 0 Å². The summed E-state index contributed by atoms with van der Waals surface area (Å²) >= 11 is 0. The molecule has 0 spiro atoms. The molecule has 2 unspecified atom stereocenters. The molecule has 0 aromatic carbocycles. The normalized spacial score (nSPS) is 32.7. The Morgan fingerprint density at radius 1 is 1.45 bits per heavy atom. The summed E-state index contributed by atoms with van der Waals surface area (Å²) in [7, 11) is 0. The molecule has 1 rings (SSSR count). The molecule has 0 bridgehead atoms. The lowest BCUT2D eigenvalue weighted by Crippen LogP contribution is -2.32. The zero-order valence-corrected chi connectivity index (χ0v) is 7.44. The van der Waals surface area contributed by atoms with Crippen LogP contribution in [0.2, 0.25) is 0 Å². The number of alkyl halides is 1. The van der Waals surface area contributed by atoms with E-state index in [-0.39, 0.29) is 5.92 Å². The van der Waals surface area contributed by atoms with Crippen molar-refractivity contribution in [2.45, 2.75) is 38.8 Å². The van der Waals surface area contributed by atoms with Crippen molar-refractivity contribution in [2.24, 2.45) is 17.6 Å². The van der Waals surface area contributed by atoms with Gasteiger partial charge in [-0.05, 0) is 45.1 Å². The Morgan fingerprint density at radius 3 is 2.45 bits per heavy atom. The van der Waals surface area contributed by atoms with Crippen LogP contribution in [0.1, 0.15) is 33.1 Å². The molecule has 0 aromatic heterocycles. The minimum Gasteiger partial charge on any atom is -0.330 e. The van der Waals surface area contributed by atoms with E-state index < -0.39 is 5.67 Å². The molecule has 1 aliphatic rings. The van der Waals surface area contributed by atoms with Crippen molar-refractivity contribution < 1.29 is 4.39 Å². The van der Waals surface area contributed by atoms with Gasteiger partial charge in [0.25, 0.3) is 0 Å². The molecule has 0 aliphatic heterocycles. The first-order valence-electron chi connectivity index (χ1n) is 4.44. The van der Waals surface area contributed by atoms with Gasteiger partial charge < -0.3 is 5.73 Å². The zero-order valence-electron chi connectivity index (χ0n) is 7.44. The third-order valence-electron chi connectivity index (χ3n) is 2.84. The van der Waals surface area contributed by atoms with Crippen molar-refractivity contribution in [1.29, 1.82) is 0 Å². The number of hydrogen-bond donors (Lipinski definition) is 1. The molecule has 0 saturated heterocycles. The topological polar surface area (TPSA) is 26.0 Å². The van der Waals surface area contributed by atoms with E-state index >= 15 is 0 Å². The molecule has 1 saturated carbocycles. The van der Waals surface area contributed by atoms with Gasteiger partial charge in [0.15, 0.2) is 0 Å². The first kappa shape index (κ1) is 8.98. The van der Waals surface area contributed by atoms with Gasteiger partial charge in [0.1, 0.15) is 5.67 Å². The van der Waals surface area contributed by atoms with Crippen LogP contribution >= 0.6 is 0 Å². The van der Waals surface area contributed by atoms with Crippen molar-refractivity contribution in [3.8, 4) is 0 Å². The average molecular weight is 159 g/mol. The zero-order chi connectivity index (χ0) is 8.48. The van der Waals surface area contributed by atoms with Gasteiger partial charge in [-0.2, -0.15) is 0 Å². The van der Waals surface area contributed by atoms with E-state index in [1.165, 1.54) is 0 Å². The molecule has 0 amide bonds. The Morgan fingerprint density at radius 2 is 2.09 bits per heavy atom. The highest BCUT2D eigenvalue weighted by molar-refractivity contribution is 4.88. The Hall–Kier alpha value is -0.110. The molecule has 2 heteroatoms. The fourth-order valence-electron chi connectivity index (χ4n) is 2.22. The van der Waals surface area contributed by atoms with Crippen LogP contribution in [0, 0.1) is 11.8 Å². The van der Waals surface area contributed by atoms with E-state index in [9.17, 15) is 4.39 Å². The average Bonchev–Trinajstić information content (AvgIpc) is 2.31.